The fourth-order valence-corrected chi connectivity index (χ4v) is 3.88. The van der Waals surface area contributed by atoms with Crippen LogP contribution in [0.2, 0.25) is 10.0 Å². The standard InChI is InChI=1S/C24H19Cl2N3O4/c1-32-18-9-7-14(12-19(18)33-2)28-24(31)20-17-5-3-4-10-29(17)22(21(20)27)23(30)13-6-8-15(25)16(26)11-13/h3-12H,27H2,1-2H3,(H,28,31). The largest absolute Gasteiger partial charge is 0.493 e. The number of nitrogens with two attached hydrogens (primary N) is 1. The molecule has 168 valence electrons. The number of ether oxygens (including phenoxy) is 2. The van der Waals surface area contributed by atoms with Crippen LogP contribution in [0.15, 0.2) is 60.8 Å². The highest BCUT2D eigenvalue weighted by molar-refractivity contribution is 6.42. The second-order valence-electron chi connectivity index (χ2n) is 7.08. The van der Waals surface area contributed by atoms with Gasteiger partial charge in [0.25, 0.3) is 5.91 Å². The Labute approximate surface area is 199 Å². The average Bonchev–Trinajstić information content (AvgIpc) is 3.11. The number of nitrogen functional groups attached to an aromatic ring is 1. The van der Waals surface area contributed by atoms with Gasteiger partial charge in [-0.3, -0.25) is 9.59 Å². The summed E-state index contributed by atoms with van der Waals surface area (Å²) in [6, 6.07) is 14.8. The molecule has 2 aromatic heterocycles. The molecule has 0 bridgehead atoms. The van der Waals surface area contributed by atoms with Gasteiger partial charge in [0, 0.05) is 23.5 Å². The zero-order valence-electron chi connectivity index (χ0n) is 17.7. The predicted molar refractivity (Wildman–Crippen MR) is 129 cm³/mol. The summed E-state index contributed by atoms with van der Waals surface area (Å²) in [7, 11) is 3.03. The molecule has 0 aliphatic rings. The topological polar surface area (TPSA) is 95.1 Å². The highest BCUT2D eigenvalue weighted by atomic mass is 35.5. The van der Waals surface area contributed by atoms with E-state index in [2.05, 4.69) is 5.32 Å². The van der Waals surface area contributed by atoms with Crippen LogP contribution in [0.3, 0.4) is 0 Å². The molecular formula is C24H19Cl2N3O4. The van der Waals surface area contributed by atoms with Crippen LogP contribution in [0.25, 0.3) is 5.52 Å². The molecular weight excluding hydrogens is 465 g/mol. The third-order valence-electron chi connectivity index (χ3n) is 5.15. The first-order valence-electron chi connectivity index (χ1n) is 9.77. The van der Waals surface area contributed by atoms with Crippen LogP contribution in [-0.2, 0) is 0 Å². The molecule has 0 spiro atoms. The highest BCUT2D eigenvalue weighted by Crippen LogP contribution is 2.33. The van der Waals surface area contributed by atoms with E-state index in [1.807, 2.05) is 0 Å². The van der Waals surface area contributed by atoms with Crippen LogP contribution in [0.5, 0.6) is 11.5 Å². The fourth-order valence-electron chi connectivity index (χ4n) is 3.58. The van der Waals surface area contributed by atoms with Gasteiger partial charge in [-0.05, 0) is 42.5 Å². The van der Waals surface area contributed by atoms with Crippen molar-refractivity contribution in [2.75, 3.05) is 25.3 Å². The number of hydrogen-bond donors (Lipinski definition) is 2. The highest BCUT2D eigenvalue weighted by Gasteiger charge is 2.26. The lowest BCUT2D eigenvalue weighted by molar-refractivity contribution is 0.102. The minimum absolute atomic E-state index is 0.0512. The Hall–Kier alpha value is -3.68. The first kappa shape index (κ1) is 22.5. The molecule has 0 radical (unpaired) electrons. The minimum atomic E-state index is -0.475. The summed E-state index contributed by atoms with van der Waals surface area (Å²) in [5.41, 5.74) is 8.01. The molecule has 33 heavy (non-hydrogen) atoms. The van der Waals surface area contributed by atoms with Crippen molar-refractivity contribution in [3.63, 3.8) is 0 Å². The Bertz CT molecular complexity index is 1400. The van der Waals surface area contributed by atoms with E-state index in [1.54, 1.807) is 53.1 Å². The summed E-state index contributed by atoms with van der Waals surface area (Å²) in [6.07, 6.45) is 1.67. The maximum absolute atomic E-state index is 13.3. The Morgan fingerprint density at radius 2 is 1.70 bits per heavy atom. The van der Waals surface area contributed by atoms with Gasteiger partial charge in [-0.25, -0.2) is 0 Å². The molecule has 0 unspecified atom stereocenters. The summed E-state index contributed by atoms with van der Waals surface area (Å²) < 4.78 is 12.1. The van der Waals surface area contributed by atoms with Gasteiger partial charge in [0.05, 0.1) is 41.0 Å². The van der Waals surface area contributed by atoms with Crippen LogP contribution < -0.4 is 20.5 Å². The number of halogens is 2. The van der Waals surface area contributed by atoms with Crippen molar-refractivity contribution in [2.45, 2.75) is 0 Å². The van der Waals surface area contributed by atoms with Crippen molar-refractivity contribution < 1.29 is 19.1 Å². The van der Waals surface area contributed by atoms with Gasteiger partial charge in [0.2, 0.25) is 5.78 Å². The molecule has 0 saturated carbocycles. The molecule has 0 fully saturated rings. The molecule has 2 aromatic carbocycles. The van der Waals surface area contributed by atoms with E-state index in [4.69, 9.17) is 38.4 Å². The summed E-state index contributed by atoms with van der Waals surface area (Å²) in [5, 5.41) is 3.38. The smallest absolute Gasteiger partial charge is 0.259 e. The van der Waals surface area contributed by atoms with E-state index >= 15 is 0 Å². The Balaban J connectivity index is 1.78. The number of benzene rings is 2. The molecule has 2 heterocycles. The zero-order valence-corrected chi connectivity index (χ0v) is 19.2. The molecule has 0 aliphatic carbocycles. The van der Waals surface area contributed by atoms with Crippen LogP contribution in [0.1, 0.15) is 26.4 Å². The Kier molecular flexibility index (Phi) is 6.18. The number of hydrogen-bond acceptors (Lipinski definition) is 5. The second-order valence-corrected chi connectivity index (χ2v) is 7.89. The third kappa shape index (κ3) is 4.08. The number of methoxy groups -OCH3 is 2. The number of amides is 1. The van der Waals surface area contributed by atoms with Crippen LogP contribution in [0.4, 0.5) is 11.4 Å². The first-order valence-corrected chi connectivity index (χ1v) is 10.5. The van der Waals surface area contributed by atoms with Gasteiger partial charge in [0.1, 0.15) is 5.69 Å². The molecule has 7 nitrogen and oxygen atoms in total. The van der Waals surface area contributed by atoms with Crippen LogP contribution in [-0.4, -0.2) is 30.3 Å². The number of aromatic nitrogens is 1. The molecule has 1 amide bonds. The van der Waals surface area contributed by atoms with Crippen molar-refractivity contribution in [2.24, 2.45) is 0 Å². The first-order chi connectivity index (χ1) is 15.8. The van der Waals surface area contributed by atoms with Gasteiger partial charge in [0.15, 0.2) is 11.5 Å². The van der Waals surface area contributed by atoms with Crippen molar-refractivity contribution in [3.8, 4) is 11.5 Å². The van der Waals surface area contributed by atoms with E-state index in [9.17, 15) is 9.59 Å². The normalized spacial score (nSPS) is 10.8. The van der Waals surface area contributed by atoms with Gasteiger partial charge < -0.3 is 24.9 Å². The molecule has 0 atom stereocenters. The maximum Gasteiger partial charge on any atom is 0.259 e. The van der Waals surface area contributed by atoms with E-state index in [1.165, 1.54) is 26.4 Å². The van der Waals surface area contributed by atoms with Crippen molar-refractivity contribution in [3.05, 3.63) is 87.7 Å². The molecule has 3 N–H and O–H groups in total. The number of pyridine rings is 1. The van der Waals surface area contributed by atoms with Crippen molar-refractivity contribution >= 4 is 51.8 Å². The number of carbonyl (C=O) groups is 2. The van der Waals surface area contributed by atoms with E-state index in [0.717, 1.165) is 0 Å². The number of carbonyl (C=O) groups excluding carboxylic acids is 2. The maximum atomic E-state index is 13.3. The monoisotopic (exact) mass is 483 g/mol. The van der Waals surface area contributed by atoms with E-state index in [0.29, 0.717) is 33.3 Å². The number of rotatable bonds is 6. The average molecular weight is 484 g/mol. The summed E-state index contributed by atoms with van der Waals surface area (Å²) in [6.45, 7) is 0. The summed E-state index contributed by atoms with van der Waals surface area (Å²) >= 11 is 12.1. The Morgan fingerprint density at radius 3 is 2.39 bits per heavy atom. The SMILES string of the molecule is COc1ccc(NC(=O)c2c(N)c(C(=O)c3ccc(Cl)c(Cl)c3)n3ccccc23)cc1OC. The molecule has 0 aliphatic heterocycles. The lowest BCUT2D eigenvalue weighted by atomic mass is 10.1. The summed E-state index contributed by atoms with van der Waals surface area (Å²) in [5.74, 6) is 0.119. The number of nitrogens with one attached hydrogen (secondary N) is 1. The van der Waals surface area contributed by atoms with Gasteiger partial charge in [-0.15, -0.1) is 0 Å². The molecule has 4 rings (SSSR count). The number of fused-ring (bicyclic) bond motifs is 1. The molecule has 9 heteroatoms. The summed E-state index contributed by atoms with van der Waals surface area (Å²) in [4.78, 5) is 26.6. The van der Waals surface area contributed by atoms with E-state index in [-0.39, 0.29) is 22.0 Å². The van der Waals surface area contributed by atoms with Gasteiger partial charge in [-0.2, -0.15) is 0 Å². The third-order valence-corrected chi connectivity index (χ3v) is 5.89. The number of ketones is 1. The van der Waals surface area contributed by atoms with Crippen molar-refractivity contribution in [1.29, 1.82) is 0 Å². The second kappa shape index (κ2) is 9.05. The fraction of sp³-hybridized carbons (Fsp3) is 0.0833. The van der Waals surface area contributed by atoms with Crippen LogP contribution >= 0.6 is 23.2 Å². The Morgan fingerprint density at radius 1 is 0.939 bits per heavy atom. The quantitative estimate of drug-likeness (QED) is 0.361. The lowest BCUT2D eigenvalue weighted by Crippen LogP contribution is -2.14. The molecule has 4 aromatic rings. The predicted octanol–water partition coefficient (Wildman–Crippen LogP) is 5.33. The lowest BCUT2D eigenvalue weighted by Gasteiger charge is -2.10. The number of nitrogens with zero attached hydrogens (tertiary/aromatic N) is 1. The number of anilines is 2. The van der Waals surface area contributed by atoms with Gasteiger partial charge >= 0.3 is 0 Å². The van der Waals surface area contributed by atoms with E-state index < -0.39 is 11.7 Å². The minimum Gasteiger partial charge on any atom is -0.493 e. The molecule has 0 saturated heterocycles. The zero-order chi connectivity index (χ0) is 23.7. The van der Waals surface area contributed by atoms with Crippen LogP contribution in [0, 0.1) is 0 Å². The van der Waals surface area contributed by atoms with Crippen molar-refractivity contribution in [1.82, 2.24) is 4.40 Å². The van der Waals surface area contributed by atoms with Gasteiger partial charge in [-0.1, -0.05) is 29.3 Å².